The Bertz CT molecular complexity index is 7660. The number of benzene rings is 8. The molecule has 744 valence electrons. The second kappa shape index (κ2) is 43.6. The van der Waals surface area contributed by atoms with Crippen molar-refractivity contribution in [3.8, 4) is 10.4 Å². The fourth-order valence-electron chi connectivity index (χ4n) is 19.4. The van der Waals surface area contributed by atoms with E-state index in [9.17, 15) is 28.0 Å². The molecule has 146 heavy (non-hydrogen) atoms. The van der Waals surface area contributed by atoms with Gasteiger partial charge in [-0.3, -0.25) is 37.4 Å². The molecule has 0 atom stereocenters. The number of rotatable bonds is 24. The van der Waals surface area contributed by atoms with Crippen LogP contribution in [0.15, 0.2) is 274 Å². The molecule has 4 saturated heterocycles. The van der Waals surface area contributed by atoms with Crippen LogP contribution in [0.25, 0.3) is 54.6 Å². The Labute approximate surface area is 855 Å². The van der Waals surface area contributed by atoms with Gasteiger partial charge in [0.15, 0.2) is 0 Å². The highest BCUT2D eigenvalue weighted by atomic mass is 35.5. The molecule has 0 bridgehead atoms. The molecular formula is C112H111Cl2F3N24O4S. The molecule has 0 unspecified atom stereocenters. The van der Waals surface area contributed by atoms with Crippen molar-refractivity contribution in [2.75, 3.05) is 167 Å². The zero-order chi connectivity index (χ0) is 100. The maximum absolute atomic E-state index is 15.1. The van der Waals surface area contributed by atoms with Gasteiger partial charge in [0.2, 0.25) is 23.8 Å². The van der Waals surface area contributed by atoms with E-state index in [1.807, 2.05) is 101 Å². The van der Waals surface area contributed by atoms with Crippen molar-refractivity contribution in [1.82, 2.24) is 78.2 Å². The Hall–Kier alpha value is -14.8. The van der Waals surface area contributed by atoms with Gasteiger partial charge < -0.3 is 60.9 Å². The van der Waals surface area contributed by atoms with E-state index >= 15 is 4.39 Å². The number of fused-ring (bicyclic) bond motifs is 4. The fraction of sp³-hybridized carbons (Fsp3) is 0.286. The van der Waals surface area contributed by atoms with Gasteiger partial charge in [-0.25, -0.2) is 33.1 Å². The summed E-state index contributed by atoms with van der Waals surface area (Å²) < 4.78 is 51.2. The summed E-state index contributed by atoms with van der Waals surface area (Å²) in [5.74, 6) is 1.98. The van der Waals surface area contributed by atoms with Gasteiger partial charge in [-0.05, 0) is 262 Å². The summed E-state index contributed by atoms with van der Waals surface area (Å²) in [6, 6.07) is 68.8. The first kappa shape index (κ1) is 97.3. The second-order valence-corrected chi connectivity index (χ2v) is 40.1. The van der Waals surface area contributed by atoms with Crippen LogP contribution in [0.2, 0.25) is 10.0 Å². The van der Waals surface area contributed by atoms with Gasteiger partial charge in [0.25, 0.3) is 22.2 Å². The number of hydrogen-bond donors (Lipinski definition) is 5. The Morgan fingerprint density at radius 2 is 0.664 bits per heavy atom. The SMILES string of the molecule is CN1CCN(c2ccc(Nc3ncc4ccc(=O)n(Cc5c(Cl)cccc5C5CC5)c4n3)cc2)CC1.CN1CCN(c2ccc(Nc3ncc4ccc(=O)n(Cc5c(F)cccc5-c5cccs5)c4n3)cc2)CC1.CN1CCN(c2ccc(Nc3ncc4ccc(=O)n(Cc5c(F)cccc5C5CC5)c4n3)cc2)CC1.O=c1ccc2cnc(Nc3ccc(N4CCNCC4)c(F)c3)nc2n1Cc1c(Cl)cccc1C1CC1. The summed E-state index contributed by atoms with van der Waals surface area (Å²) in [5.41, 5.74) is 15.8. The molecule has 9 aromatic heterocycles. The van der Waals surface area contributed by atoms with E-state index in [0.29, 0.717) is 109 Å². The minimum atomic E-state index is -0.354. The number of nitrogens with zero attached hydrogens (tertiary/aromatic N) is 19. The molecule has 7 fully saturated rings. The van der Waals surface area contributed by atoms with Crippen molar-refractivity contribution in [3.63, 3.8) is 0 Å². The van der Waals surface area contributed by atoms with Crippen molar-refractivity contribution < 1.29 is 13.2 Å². The lowest BCUT2D eigenvalue weighted by Crippen LogP contribution is -2.44. The molecule has 7 aliphatic rings. The van der Waals surface area contributed by atoms with Crippen molar-refractivity contribution in [2.24, 2.45) is 0 Å². The highest BCUT2D eigenvalue weighted by Gasteiger charge is 2.32. The molecule has 24 rings (SSSR count). The van der Waals surface area contributed by atoms with Gasteiger partial charge in [-0.15, -0.1) is 11.3 Å². The molecule has 3 saturated carbocycles. The van der Waals surface area contributed by atoms with Gasteiger partial charge in [-0.2, -0.15) is 19.9 Å². The van der Waals surface area contributed by atoms with E-state index in [-0.39, 0.29) is 58.7 Å². The summed E-state index contributed by atoms with van der Waals surface area (Å²) in [6.07, 6.45) is 13.5. The predicted octanol–water partition coefficient (Wildman–Crippen LogP) is 19.1. The van der Waals surface area contributed by atoms with Gasteiger partial charge in [0.05, 0.1) is 31.9 Å². The highest BCUT2D eigenvalue weighted by Crippen LogP contribution is 2.46. The highest BCUT2D eigenvalue weighted by molar-refractivity contribution is 7.13. The van der Waals surface area contributed by atoms with Gasteiger partial charge in [0.1, 0.15) is 40.0 Å². The number of anilines is 12. The standard InChI is InChI=1S/C29H27FN6OS.C28H29ClN6O.C28H29FN6O.C27H26ClFN6O/c1-34-13-15-35(16-14-34)22-10-8-21(9-11-22)32-29-31-18-20-7-12-27(37)36(28(20)33-29)19-24-23(4-2-5-25(24)30)26-6-3-17-38-26;2*1-33-13-15-34(16-14-33)22-10-8-21(9-11-22)31-28-30-17-20-7-12-26(36)35(27(20)32-28)18-24-23(19-5-6-19)3-2-4-25(24)29;28-22-3-1-2-20(17-4-5-17)21(22)16-35-25(36)9-6-18-15-31-27(33-26(18)35)32-19-7-8-24(23(29)14-19)34-12-10-30-11-13-34/h2-12,17-18H,13-16,19H2,1H3,(H,31,32,33);2*2-4,7-12,17,19H,5-6,13-16,18H2,1H3,(H,30,31,32);1-3,6-9,14-15,17,30H,4-5,10-13,16H2,(H,31,32,33). The second-order valence-electron chi connectivity index (χ2n) is 38.3. The summed E-state index contributed by atoms with van der Waals surface area (Å²) in [4.78, 5) is 105. The first-order chi connectivity index (χ1) is 71.2. The minimum Gasteiger partial charge on any atom is -0.369 e. The summed E-state index contributed by atoms with van der Waals surface area (Å²) >= 11 is 14.7. The molecule has 8 aromatic carbocycles. The van der Waals surface area contributed by atoms with Gasteiger partial charge >= 0.3 is 0 Å². The first-order valence-corrected chi connectivity index (χ1v) is 51.4. The number of halogens is 5. The zero-order valence-electron chi connectivity index (χ0n) is 81.3. The maximum atomic E-state index is 15.1. The third-order valence-electron chi connectivity index (χ3n) is 28.2. The van der Waals surface area contributed by atoms with E-state index in [1.165, 1.54) is 93.3 Å². The Morgan fingerprint density at radius 3 is 1.02 bits per heavy atom. The minimum absolute atomic E-state index is 0.0618. The molecule has 3 aliphatic carbocycles. The van der Waals surface area contributed by atoms with Crippen LogP contribution in [0.5, 0.6) is 0 Å². The largest absolute Gasteiger partial charge is 0.369 e. The van der Waals surface area contributed by atoms with Crippen molar-refractivity contribution in [3.05, 3.63) is 362 Å². The number of piperazine rings is 4. The lowest BCUT2D eigenvalue weighted by atomic mass is 10.0. The number of nitrogens with one attached hydrogen (secondary N) is 5. The molecule has 0 spiro atoms. The number of likely N-dealkylation sites (N-methyl/N-ethyl adjacent to an activating group) is 3. The van der Waals surface area contributed by atoms with E-state index < -0.39 is 0 Å². The van der Waals surface area contributed by atoms with Crippen LogP contribution in [0, 0.1) is 17.5 Å². The number of hydrogen-bond acceptors (Lipinski definition) is 25. The number of aromatic nitrogens is 12. The summed E-state index contributed by atoms with van der Waals surface area (Å²) in [5, 5.41) is 22.5. The quantitative estimate of drug-likeness (QED) is 0.0376. The van der Waals surface area contributed by atoms with Crippen LogP contribution < -0.4 is 68.4 Å². The van der Waals surface area contributed by atoms with Gasteiger partial charge in [0, 0.05) is 241 Å². The monoisotopic (exact) mass is 2010 g/mol. The van der Waals surface area contributed by atoms with Crippen molar-refractivity contribution >= 4 is 148 Å². The van der Waals surface area contributed by atoms with Crippen LogP contribution in [0.3, 0.4) is 0 Å². The normalized spacial score (nSPS) is 15.7. The maximum Gasteiger partial charge on any atom is 0.252 e. The number of thiophene rings is 1. The third kappa shape index (κ3) is 22.7. The van der Waals surface area contributed by atoms with E-state index in [4.69, 9.17) is 28.2 Å². The van der Waals surface area contributed by atoms with E-state index in [0.717, 1.165) is 191 Å². The van der Waals surface area contributed by atoms with Crippen LogP contribution in [-0.4, -0.2) is 199 Å². The van der Waals surface area contributed by atoms with Crippen molar-refractivity contribution in [2.45, 2.75) is 82.5 Å². The molecule has 28 nitrogen and oxygen atoms in total. The molecule has 5 N–H and O–H groups in total. The van der Waals surface area contributed by atoms with Crippen LogP contribution in [0.1, 0.15) is 95.2 Å². The molecule has 34 heteroatoms. The fourth-order valence-corrected chi connectivity index (χ4v) is 20.7. The Kier molecular flexibility index (Phi) is 29.1. The average molecular weight is 2020 g/mol. The third-order valence-corrected chi connectivity index (χ3v) is 29.8. The Morgan fingerprint density at radius 1 is 0.336 bits per heavy atom. The lowest BCUT2D eigenvalue weighted by Gasteiger charge is -2.34. The van der Waals surface area contributed by atoms with Crippen molar-refractivity contribution in [1.29, 1.82) is 0 Å². The topological polar surface area (TPSA) is 274 Å². The van der Waals surface area contributed by atoms with E-state index in [2.05, 4.69) is 161 Å². The molecule has 0 amide bonds. The van der Waals surface area contributed by atoms with Gasteiger partial charge in [-0.1, -0.05) is 77.8 Å². The first-order valence-electron chi connectivity index (χ1n) is 49.8. The number of pyridine rings is 4. The summed E-state index contributed by atoms with van der Waals surface area (Å²) in [6.45, 7) is 16.6. The zero-order valence-corrected chi connectivity index (χ0v) is 83.6. The molecule has 17 aromatic rings. The molecule has 0 radical (unpaired) electrons. The molecule has 4 aliphatic heterocycles. The molecule has 13 heterocycles. The van der Waals surface area contributed by atoms with Crippen LogP contribution in [-0.2, 0) is 26.2 Å². The predicted molar refractivity (Wildman–Crippen MR) is 580 cm³/mol. The average Bonchev–Trinajstić information content (AvgIpc) is 1.45. The van der Waals surface area contributed by atoms with E-state index in [1.54, 1.807) is 87.0 Å². The summed E-state index contributed by atoms with van der Waals surface area (Å²) in [7, 11) is 6.45. The van der Waals surface area contributed by atoms with Crippen LogP contribution >= 0.6 is 34.5 Å². The molecular weight excluding hydrogens is 1910 g/mol. The smallest absolute Gasteiger partial charge is 0.252 e. The Balaban J connectivity index is 0.000000114. The lowest BCUT2D eigenvalue weighted by molar-refractivity contribution is 0.313. The van der Waals surface area contributed by atoms with Crippen LogP contribution in [0.4, 0.5) is 82.5 Å².